The zero-order valence-electron chi connectivity index (χ0n) is 15.2. The minimum absolute atomic E-state index is 0.0669. The van der Waals surface area contributed by atoms with Crippen LogP contribution in [0.25, 0.3) is 0 Å². The molecule has 6 nitrogen and oxygen atoms in total. The summed E-state index contributed by atoms with van der Waals surface area (Å²) in [6.07, 6.45) is 1.79. The number of hydrogen-bond acceptors (Lipinski definition) is 5. The molecule has 0 atom stereocenters. The van der Waals surface area contributed by atoms with Crippen molar-refractivity contribution in [3.63, 3.8) is 0 Å². The molecular formula is C21H20N4O2S. The fourth-order valence-corrected chi connectivity index (χ4v) is 3.90. The first-order valence-corrected chi connectivity index (χ1v) is 9.99. The maximum atomic E-state index is 13.1. The van der Waals surface area contributed by atoms with Gasteiger partial charge in [-0.3, -0.25) is 9.59 Å². The van der Waals surface area contributed by atoms with Crippen LogP contribution in [0.4, 0.5) is 10.8 Å². The fraction of sp³-hybridized carbons (Fsp3) is 0.190. The van der Waals surface area contributed by atoms with E-state index in [-0.39, 0.29) is 11.8 Å². The zero-order chi connectivity index (χ0) is 19.3. The van der Waals surface area contributed by atoms with Gasteiger partial charge in [0.25, 0.3) is 11.8 Å². The van der Waals surface area contributed by atoms with Crippen molar-refractivity contribution in [2.45, 2.75) is 0 Å². The highest BCUT2D eigenvalue weighted by molar-refractivity contribution is 7.13. The fourth-order valence-electron chi connectivity index (χ4n) is 3.21. The topological polar surface area (TPSA) is 65.5 Å². The van der Waals surface area contributed by atoms with Gasteiger partial charge in [0.2, 0.25) is 0 Å². The van der Waals surface area contributed by atoms with E-state index >= 15 is 0 Å². The van der Waals surface area contributed by atoms with Crippen LogP contribution in [0.2, 0.25) is 0 Å². The molecule has 0 aliphatic carbocycles. The van der Waals surface area contributed by atoms with Crippen molar-refractivity contribution in [3.05, 3.63) is 77.3 Å². The summed E-state index contributed by atoms with van der Waals surface area (Å²) < 4.78 is 0. The van der Waals surface area contributed by atoms with E-state index in [0.29, 0.717) is 29.9 Å². The number of benzene rings is 2. The zero-order valence-corrected chi connectivity index (χ0v) is 16.1. The molecule has 0 radical (unpaired) electrons. The lowest BCUT2D eigenvalue weighted by Crippen LogP contribution is -2.48. The van der Waals surface area contributed by atoms with Gasteiger partial charge in [-0.25, -0.2) is 4.98 Å². The summed E-state index contributed by atoms with van der Waals surface area (Å²) in [5, 5.41) is 5.82. The van der Waals surface area contributed by atoms with Crippen LogP contribution >= 0.6 is 11.3 Å². The predicted molar refractivity (Wildman–Crippen MR) is 111 cm³/mol. The number of amides is 2. The Bertz CT molecular complexity index is 952. The van der Waals surface area contributed by atoms with Crippen LogP contribution in [0, 0.1) is 0 Å². The summed E-state index contributed by atoms with van der Waals surface area (Å²) in [7, 11) is 0. The number of carbonyl (C=O) groups excluding carboxylic acids is 2. The van der Waals surface area contributed by atoms with Gasteiger partial charge in [0.15, 0.2) is 5.13 Å². The van der Waals surface area contributed by atoms with Crippen molar-refractivity contribution in [1.82, 2.24) is 9.88 Å². The highest BCUT2D eigenvalue weighted by atomic mass is 32.1. The van der Waals surface area contributed by atoms with Gasteiger partial charge in [-0.1, -0.05) is 30.3 Å². The standard InChI is InChI=1S/C21H20N4O2S/c26-19(16-6-2-1-3-7-16)23-18-9-5-4-8-17(18)20(27)24-11-13-25(14-12-24)21-22-10-15-28-21/h1-10,15H,11-14H2,(H,23,26). The second-order valence-corrected chi connectivity index (χ2v) is 7.33. The smallest absolute Gasteiger partial charge is 0.256 e. The molecular weight excluding hydrogens is 372 g/mol. The molecule has 1 aromatic heterocycles. The molecule has 2 amide bonds. The van der Waals surface area contributed by atoms with Crippen LogP contribution < -0.4 is 10.2 Å². The number of nitrogens with one attached hydrogen (secondary N) is 1. The highest BCUT2D eigenvalue weighted by Crippen LogP contribution is 2.22. The van der Waals surface area contributed by atoms with Crippen molar-refractivity contribution in [3.8, 4) is 0 Å². The maximum Gasteiger partial charge on any atom is 0.256 e. The van der Waals surface area contributed by atoms with Crippen LogP contribution in [0.3, 0.4) is 0 Å². The van der Waals surface area contributed by atoms with Gasteiger partial charge >= 0.3 is 0 Å². The van der Waals surface area contributed by atoms with Crippen LogP contribution in [0.1, 0.15) is 20.7 Å². The van der Waals surface area contributed by atoms with E-state index in [4.69, 9.17) is 0 Å². The maximum absolute atomic E-state index is 13.1. The molecule has 1 N–H and O–H groups in total. The molecule has 1 aliphatic rings. The van der Waals surface area contributed by atoms with E-state index in [1.807, 2.05) is 40.6 Å². The number of carbonyl (C=O) groups is 2. The second kappa shape index (κ2) is 8.22. The summed E-state index contributed by atoms with van der Waals surface area (Å²) >= 11 is 1.61. The van der Waals surface area contributed by atoms with E-state index in [0.717, 1.165) is 18.2 Å². The number of nitrogens with zero attached hydrogens (tertiary/aromatic N) is 3. The Kier molecular flexibility index (Phi) is 5.34. The molecule has 7 heteroatoms. The minimum atomic E-state index is -0.227. The summed E-state index contributed by atoms with van der Waals surface area (Å²) in [4.78, 5) is 33.9. The lowest BCUT2D eigenvalue weighted by Gasteiger charge is -2.34. The Labute approximate surface area is 167 Å². The van der Waals surface area contributed by atoms with Crippen molar-refractivity contribution < 1.29 is 9.59 Å². The number of rotatable bonds is 4. The average molecular weight is 392 g/mol. The SMILES string of the molecule is O=C(Nc1ccccc1C(=O)N1CCN(c2nccs2)CC1)c1ccccc1. The second-order valence-electron chi connectivity index (χ2n) is 6.46. The molecule has 1 aliphatic heterocycles. The molecule has 2 aromatic carbocycles. The largest absolute Gasteiger partial charge is 0.345 e. The van der Waals surface area contributed by atoms with Crippen molar-refractivity contribution in [2.75, 3.05) is 36.4 Å². The van der Waals surface area contributed by atoms with Gasteiger partial charge in [0.05, 0.1) is 11.3 Å². The summed E-state index contributed by atoms with van der Waals surface area (Å²) in [6.45, 7) is 2.74. The van der Waals surface area contributed by atoms with Crippen molar-refractivity contribution in [2.24, 2.45) is 0 Å². The Morgan fingerprint density at radius 2 is 1.64 bits per heavy atom. The number of piperazine rings is 1. The van der Waals surface area contributed by atoms with E-state index < -0.39 is 0 Å². The lowest BCUT2D eigenvalue weighted by atomic mass is 10.1. The molecule has 0 saturated carbocycles. The van der Waals surface area contributed by atoms with Crippen LogP contribution in [0.15, 0.2) is 66.2 Å². The number of para-hydroxylation sites is 1. The summed E-state index contributed by atoms with van der Waals surface area (Å²) in [5.41, 5.74) is 1.60. The minimum Gasteiger partial charge on any atom is -0.345 e. The molecule has 2 heterocycles. The van der Waals surface area contributed by atoms with Gasteiger partial charge in [0.1, 0.15) is 0 Å². The Morgan fingerprint density at radius 3 is 2.36 bits per heavy atom. The number of anilines is 2. The van der Waals surface area contributed by atoms with Crippen molar-refractivity contribution >= 4 is 34.0 Å². The third kappa shape index (κ3) is 3.89. The first-order chi connectivity index (χ1) is 13.7. The van der Waals surface area contributed by atoms with E-state index in [1.54, 1.807) is 41.8 Å². The van der Waals surface area contributed by atoms with E-state index in [1.165, 1.54) is 0 Å². The molecule has 1 saturated heterocycles. The van der Waals surface area contributed by atoms with Crippen LogP contribution in [-0.4, -0.2) is 47.9 Å². The molecule has 28 heavy (non-hydrogen) atoms. The summed E-state index contributed by atoms with van der Waals surface area (Å²) in [5.74, 6) is -0.294. The van der Waals surface area contributed by atoms with Gasteiger partial charge in [0, 0.05) is 43.3 Å². The summed E-state index contributed by atoms with van der Waals surface area (Å²) in [6, 6.07) is 16.1. The van der Waals surface area contributed by atoms with E-state index in [2.05, 4.69) is 15.2 Å². The Morgan fingerprint density at radius 1 is 0.929 bits per heavy atom. The molecule has 3 aromatic rings. The average Bonchev–Trinajstić information content (AvgIpc) is 3.29. The number of hydrogen-bond donors (Lipinski definition) is 1. The third-order valence-electron chi connectivity index (χ3n) is 4.70. The molecule has 142 valence electrons. The van der Waals surface area contributed by atoms with Crippen LogP contribution in [-0.2, 0) is 0 Å². The normalized spacial score (nSPS) is 14.0. The number of aromatic nitrogens is 1. The monoisotopic (exact) mass is 392 g/mol. The molecule has 4 rings (SSSR count). The molecule has 0 spiro atoms. The first kappa shape index (κ1) is 18.2. The number of thiazole rings is 1. The molecule has 1 fully saturated rings. The third-order valence-corrected chi connectivity index (χ3v) is 5.53. The predicted octanol–water partition coefficient (Wildman–Crippen LogP) is 3.36. The van der Waals surface area contributed by atoms with Gasteiger partial charge in [-0.15, -0.1) is 11.3 Å². The van der Waals surface area contributed by atoms with Crippen LogP contribution in [0.5, 0.6) is 0 Å². The van der Waals surface area contributed by atoms with Gasteiger partial charge in [-0.2, -0.15) is 0 Å². The van der Waals surface area contributed by atoms with Crippen molar-refractivity contribution in [1.29, 1.82) is 0 Å². The molecule has 0 bridgehead atoms. The van der Waals surface area contributed by atoms with Gasteiger partial charge < -0.3 is 15.1 Å². The highest BCUT2D eigenvalue weighted by Gasteiger charge is 2.25. The quantitative estimate of drug-likeness (QED) is 0.739. The Balaban J connectivity index is 1.46. The first-order valence-electron chi connectivity index (χ1n) is 9.11. The van der Waals surface area contributed by atoms with Gasteiger partial charge in [-0.05, 0) is 24.3 Å². The Hall–Kier alpha value is -3.19. The van der Waals surface area contributed by atoms with E-state index in [9.17, 15) is 9.59 Å². The molecule has 0 unspecified atom stereocenters. The lowest BCUT2D eigenvalue weighted by molar-refractivity contribution is 0.0748.